The molecule has 3 aromatic rings. The zero-order chi connectivity index (χ0) is 16.3. The van der Waals surface area contributed by atoms with Gasteiger partial charge in [-0.05, 0) is 69.8 Å². The Morgan fingerprint density at radius 2 is 1.65 bits per heavy atom. The number of aryl methyl sites for hydroxylation is 2. The first-order valence-electron chi connectivity index (χ1n) is 7.68. The summed E-state index contributed by atoms with van der Waals surface area (Å²) in [6.45, 7) is 4.02. The monoisotopic (exact) mass is 308 g/mol. The van der Waals surface area contributed by atoms with Crippen LogP contribution in [0.15, 0.2) is 36.4 Å². The zero-order valence-electron chi connectivity index (χ0n) is 13.0. The van der Waals surface area contributed by atoms with Gasteiger partial charge in [-0.2, -0.15) is 0 Å². The van der Waals surface area contributed by atoms with Crippen molar-refractivity contribution in [2.75, 3.05) is 0 Å². The molecule has 0 heterocycles. The SMILES string of the molecule is Cc1c2cc(F)ccc2c(C)c2c3c(ccc12)[C@H](O)[C@@H](O)C=C3. The van der Waals surface area contributed by atoms with E-state index < -0.39 is 12.2 Å². The molecule has 3 aromatic carbocycles. The quantitative estimate of drug-likeness (QED) is 0.612. The van der Waals surface area contributed by atoms with Crippen molar-refractivity contribution in [2.24, 2.45) is 0 Å². The van der Waals surface area contributed by atoms with Crippen LogP contribution in [0.1, 0.15) is 28.4 Å². The minimum absolute atomic E-state index is 0.240. The minimum atomic E-state index is -0.914. The number of aliphatic hydroxyl groups excluding tert-OH is 2. The summed E-state index contributed by atoms with van der Waals surface area (Å²) in [4.78, 5) is 0. The van der Waals surface area contributed by atoms with E-state index in [1.54, 1.807) is 12.1 Å². The summed E-state index contributed by atoms with van der Waals surface area (Å²) in [6.07, 6.45) is 1.70. The van der Waals surface area contributed by atoms with Crippen LogP contribution in [0, 0.1) is 19.7 Å². The van der Waals surface area contributed by atoms with Crippen LogP contribution >= 0.6 is 0 Å². The molecule has 0 saturated carbocycles. The Morgan fingerprint density at radius 1 is 0.913 bits per heavy atom. The molecule has 23 heavy (non-hydrogen) atoms. The summed E-state index contributed by atoms with van der Waals surface area (Å²) in [6, 6.07) is 8.67. The summed E-state index contributed by atoms with van der Waals surface area (Å²) in [5.74, 6) is -0.240. The van der Waals surface area contributed by atoms with E-state index in [0.717, 1.165) is 43.8 Å². The van der Waals surface area contributed by atoms with Crippen molar-refractivity contribution < 1.29 is 14.6 Å². The average Bonchev–Trinajstić information content (AvgIpc) is 2.55. The molecule has 0 saturated heterocycles. The molecule has 0 radical (unpaired) electrons. The van der Waals surface area contributed by atoms with Gasteiger partial charge in [0.25, 0.3) is 0 Å². The molecular formula is C20H17FO2. The number of aliphatic hydroxyl groups is 2. The van der Waals surface area contributed by atoms with Gasteiger partial charge in [-0.3, -0.25) is 0 Å². The zero-order valence-corrected chi connectivity index (χ0v) is 13.0. The first-order chi connectivity index (χ1) is 11.0. The van der Waals surface area contributed by atoms with E-state index in [-0.39, 0.29) is 5.82 Å². The second kappa shape index (κ2) is 4.88. The van der Waals surface area contributed by atoms with Crippen LogP contribution in [0.5, 0.6) is 0 Å². The summed E-state index contributed by atoms with van der Waals surface area (Å²) < 4.78 is 13.6. The molecule has 2 nitrogen and oxygen atoms in total. The second-order valence-electron chi connectivity index (χ2n) is 6.23. The summed E-state index contributed by atoms with van der Waals surface area (Å²) in [5.41, 5.74) is 3.76. The largest absolute Gasteiger partial charge is 0.386 e. The first-order valence-corrected chi connectivity index (χ1v) is 7.68. The van der Waals surface area contributed by atoms with Crippen molar-refractivity contribution >= 4 is 27.6 Å². The summed E-state index contributed by atoms with van der Waals surface area (Å²) >= 11 is 0. The van der Waals surface area contributed by atoms with Gasteiger partial charge < -0.3 is 10.2 Å². The Morgan fingerprint density at radius 3 is 2.43 bits per heavy atom. The lowest BCUT2D eigenvalue weighted by molar-refractivity contribution is 0.0471. The van der Waals surface area contributed by atoms with Crippen LogP contribution in [-0.4, -0.2) is 16.3 Å². The Hall–Kier alpha value is -2.23. The van der Waals surface area contributed by atoms with E-state index in [1.165, 1.54) is 6.07 Å². The predicted molar refractivity (Wildman–Crippen MR) is 90.9 cm³/mol. The van der Waals surface area contributed by atoms with Crippen LogP contribution in [0.25, 0.3) is 27.6 Å². The van der Waals surface area contributed by atoms with Crippen molar-refractivity contribution in [3.63, 3.8) is 0 Å². The number of hydrogen-bond donors (Lipinski definition) is 2. The van der Waals surface area contributed by atoms with Gasteiger partial charge in [-0.25, -0.2) is 4.39 Å². The molecule has 1 aliphatic carbocycles. The minimum Gasteiger partial charge on any atom is -0.386 e. The predicted octanol–water partition coefficient (Wildman–Crippen LogP) is 4.17. The maximum absolute atomic E-state index is 13.6. The number of rotatable bonds is 0. The van der Waals surface area contributed by atoms with E-state index >= 15 is 0 Å². The number of benzene rings is 3. The maximum atomic E-state index is 13.6. The van der Waals surface area contributed by atoms with Crippen LogP contribution < -0.4 is 0 Å². The molecule has 0 aromatic heterocycles. The van der Waals surface area contributed by atoms with E-state index in [4.69, 9.17) is 0 Å². The van der Waals surface area contributed by atoms with Gasteiger partial charge in [0.2, 0.25) is 0 Å². The number of halogens is 1. The van der Waals surface area contributed by atoms with E-state index in [0.29, 0.717) is 0 Å². The van der Waals surface area contributed by atoms with Crippen molar-refractivity contribution in [3.8, 4) is 0 Å². The smallest absolute Gasteiger partial charge is 0.123 e. The topological polar surface area (TPSA) is 40.5 Å². The Labute approximate surface area is 133 Å². The van der Waals surface area contributed by atoms with E-state index in [1.807, 2.05) is 38.1 Å². The fourth-order valence-corrected chi connectivity index (χ4v) is 3.71. The lowest BCUT2D eigenvalue weighted by atomic mass is 9.84. The van der Waals surface area contributed by atoms with Gasteiger partial charge in [0.1, 0.15) is 18.0 Å². The molecule has 0 bridgehead atoms. The van der Waals surface area contributed by atoms with Crippen LogP contribution in [0.4, 0.5) is 4.39 Å². The van der Waals surface area contributed by atoms with Gasteiger partial charge in [-0.15, -0.1) is 0 Å². The van der Waals surface area contributed by atoms with Crippen LogP contribution in [-0.2, 0) is 0 Å². The first kappa shape index (κ1) is 14.4. The molecule has 0 aliphatic heterocycles. The fourth-order valence-electron chi connectivity index (χ4n) is 3.71. The third kappa shape index (κ3) is 1.94. The van der Waals surface area contributed by atoms with E-state index in [9.17, 15) is 14.6 Å². The van der Waals surface area contributed by atoms with Gasteiger partial charge in [0.05, 0.1) is 0 Å². The number of hydrogen-bond acceptors (Lipinski definition) is 2. The highest BCUT2D eigenvalue weighted by molar-refractivity contribution is 6.08. The second-order valence-corrected chi connectivity index (χ2v) is 6.23. The molecule has 2 N–H and O–H groups in total. The number of fused-ring (bicyclic) bond motifs is 4. The molecule has 116 valence electrons. The summed E-state index contributed by atoms with van der Waals surface area (Å²) in [7, 11) is 0. The molecule has 4 rings (SSSR count). The molecule has 0 spiro atoms. The molecule has 1 aliphatic rings. The Balaban J connectivity index is 2.20. The van der Waals surface area contributed by atoms with Crippen molar-refractivity contribution in [1.82, 2.24) is 0 Å². The van der Waals surface area contributed by atoms with Crippen molar-refractivity contribution in [1.29, 1.82) is 0 Å². The average molecular weight is 308 g/mol. The highest BCUT2D eigenvalue weighted by atomic mass is 19.1. The highest BCUT2D eigenvalue weighted by Crippen LogP contribution is 2.39. The van der Waals surface area contributed by atoms with Crippen LogP contribution in [0.3, 0.4) is 0 Å². The molecular weight excluding hydrogens is 291 g/mol. The van der Waals surface area contributed by atoms with Crippen LogP contribution in [0.2, 0.25) is 0 Å². The molecule has 2 atom stereocenters. The normalized spacial score (nSPS) is 20.2. The maximum Gasteiger partial charge on any atom is 0.123 e. The standard InChI is InChI=1S/C20H17FO2/c1-10-14-5-6-16-15(7-8-18(22)20(16)23)19(14)11(2)13-4-3-12(21)9-17(10)13/h3-9,18,20,22-23H,1-2H3/t18-,20-/m0/s1. The third-order valence-electron chi connectivity index (χ3n) is 4.95. The Bertz CT molecular complexity index is 988. The van der Waals surface area contributed by atoms with Gasteiger partial charge >= 0.3 is 0 Å². The molecule has 3 heteroatoms. The van der Waals surface area contributed by atoms with Gasteiger partial charge in [0, 0.05) is 0 Å². The highest BCUT2D eigenvalue weighted by Gasteiger charge is 2.25. The third-order valence-corrected chi connectivity index (χ3v) is 4.95. The molecule has 0 unspecified atom stereocenters. The van der Waals surface area contributed by atoms with Gasteiger partial charge in [-0.1, -0.05) is 30.4 Å². The van der Waals surface area contributed by atoms with E-state index in [2.05, 4.69) is 0 Å². The van der Waals surface area contributed by atoms with Crippen molar-refractivity contribution in [3.05, 3.63) is 64.5 Å². The molecule has 0 fully saturated rings. The molecule has 0 amide bonds. The lowest BCUT2D eigenvalue weighted by Gasteiger charge is -2.24. The fraction of sp³-hybridized carbons (Fsp3) is 0.200. The van der Waals surface area contributed by atoms with Crippen molar-refractivity contribution in [2.45, 2.75) is 26.1 Å². The summed E-state index contributed by atoms with van der Waals surface area (Å²) in [5, 5.41) is 24.1. The van der Waals surface area contributed by atoms with Gasteiger partial charge in [0.15, 0.2) is 0 Å². The lowest BCUT2D eigenvalue weighted by Crippen LogP contribution is -2.19. The Kier molecular flexibility index (Phi) is 3.05.